The molecule has 5 rings (SSSR count). The fraction of sp³-hybridized carbons (Fsp3) is 0.360. The van der Waals surface area contributed by atoms with Gasteiger partial charge in [-0.05, 0) is 38.5 Å². The van der Waals surface area contributed by atoms with Crippen molar-refractivity contribution in [3.05, 3.63) is 50.8 Å². The maximum atomic E-state index is 13.3. The molecule has 2 aliphatic heterocycles. The largest absolute Gasteiger partial charge is 0.493 e. The summed E-state index contributed by atoms with van der Waals surface area (Å²) >= 11 is 0. The fourth-order valence-electron chi connectivity index (χ4n) is 4.83. The highest BCUT2D eigenvalue weighted by molar-refractivity contribution is 5.99. The molecule has 0 aliphatic carbocycles. The smallest absolute Gasteiger partial charge is 0.343 e. The molecule has 0 saturated heterocycles. The number of hydrogen-bond donors (Lipinski definition) is 2. The molecule has 2 aliphatic rings. The first-order valence-corrected chi connectivity index (χ1v) is 11.1. The zero-order valence-corrected chi connectivity index (χ0v) is 19.4. The Morgan fingerprint density at radius 3 is 2.76 bits per heavy atom. The van der Waals surface area contributed by atoms with E-state index in [0.29, 0.717) is 40.4 Å². The van der Waals surface area contributed by atoms with Gasteiger partial charge in [0.05, 0.1) is 47.4 Å². The molecule has 2 N–H and O–H groups in total. The average molecular weight is 460 g/mol. The first kappa shape index (κ1) is 21.9. The first-order chi connectivity index (χ1) is 16.2. The summed E-state index contributed by atoms with van der Waals surface area (Å²) in [4.78, 5) is 30.5. The van der Waals surface area contributed by atoms with Crippen LogP contribution in [0.25, 0.3) is 22.3 Å². The number of carbonyl (C=O) groups is 1. The molecule has 3 aromatic rings. The molecule has 0 fully saturated rings. The number of esters is 1. The number of benzene rings is 1. The van der Waals surface area contributed by atoms with Crippen molar-refractivity contribution in [2.45, 2.75) is 52.0 Å². The van der Waals surface area contributed by atoms with Crippen molar-refractivity contribution in [3.8, 4) is 23.2 Å². The van der Waals surface area contributed by atoms with Crippen LogP contribution < -0.4 is 15.6 Å². The van der Waals surface area contributed by atoms with E-state index in [1.54, 1.807) is 23.6 Å². The molecule has 0 bridgehead atoms. The van der Waals surface area contributed by atoms with Gasteiger partial charge in [0.25, 0.3) is 5.56 Å². The molecule has 0 spiro atoms. The van der Waals surface area contributed by atoms with Crippen molar-refractivity contribution < 1.29 is 19.4 Å². The lowest BCUT2D eigenvalue weighted by atomic mass is 9.86. The minimum atomic E-state index is -1.88. The zero-order valence-electron chi connectivity index (χ0n) is 19.4. The molecule has 4 heterocycles. The van der Waals surface area contributed by atoms with Gasteiger partial charge in [0, 0.05) is 22.6 Å². The van der Waals surface area contributed by atoms with Crippen LogP contribution >= 0.6 is 0 Å². The van der Waals surface area contributed by atoms with Crippen LogP contribution in [-0.4, -0.2) is 33.8 Å². The van der Waals surface area contributed by atoms with Gasteiger partial charge in [-0.25, -0.2) is 9.78 Å². The van der Waals surface area contributed by atoms with Gasteiger partial charge in [0.15, 0.2) is 11.4 Å². The molecule has 34 heavy (non-hydrogen) atoms. The third-order valence-electron chi connectivity index (χ3n) is 6.52. The molecule has 0 radical (unpaired) electrons. The van der Waals surface area contributed by atoms with Gasteiger partial charge in [-0.15, -0.1) is 0 Å². The Morgan fingerprint density at radius 2 is 2.12 bits per heavy atom. The lowest BCUT2D eigenvalue weighted by Crippen LogP contribution is -2.44. The summed E-state index contributed by atoms with van der Waals surface area (Å²) in [6.45, 7) is 5.77. The predicted molar refractivity (Wildman–Crippen MR) is 125 cm³/mol. The highest BCUT2D eigenvalue weighted by Crippen LogP contribution is 2.42. The van der Waals surface area contributed by atoms with E-state index in [1.165, 1.54) is 7.11 Å². The Kier molecular flexibility index (Phi) is 4.88. The van der Waals surface area contributed by atoms with Gasteiger partial charge in [-0.3, -0.25) is 4.79 Å². The van der Waals surface area contributed by atoms with Gasteiger partial charge in [-0.2, -0.15) is 5.26 Å². The van der Waals surface area contributed by atoms with E-state index in [9.17, 15) is 20.0 Å². The third kappa shape index (κ3) is 2.92. The minimum absolute atomic E-state index is 0.0787. The maximum Gasteiger partial charge on any atom is 0.343 e. The second-order valence-corrected chi connectivity index (χ2v) is 8.91. The topological polar surface area (TPSA) is 126 Å². The lowest BCUT2D eigenvalue weighted by Gasteiger charge is -2.31. The molecule has 0 unspecified atom stereocenters. The van der Waals surface area contributed by atoms with Crippen molar-refractivity contribution in [3.63, 3.8) is 0 Å². The van der Waals surface area contributed by atoms with Crippen LogP contribution in [0.5, 0.6) is 5.75 Å². The molecule has 0 amide bonds. The highest BCUT2D eigenvalue weighted by atomic mass is 16.6. The molecule has 174 valence electrons. The molecular formula is C25H24N4O5. The van der Waals surface area contributed by atoms with Gasteiger partial charge < -0.3 is 24.5 Å². The number of nitrogens with one attached hydrogen (secondary N) is 1. The number of ether oxygens (including phenoxy) is 2. The molecule has 9 heteroatoms. The number of hydrogen-bond acceptors (Lipinski definition) is 8. The summed E-state index contributed by atoms with van der Waals surface area (Å²) < 4.78 is 12.3. The average Bonchev–Trinajstić information content (AvgIpc) is 3.18. The molecule has 0 saturated carbocycles. The first-order valence-electron chi connectivity index (χ1n) is 11.1. The SMILES string of the molecule is CC[C@@]1(O)C(=O)OCc2c1cc1n(c2=O)Cc2cc3c(NC(C)C)c(OC)c(C#N)cc3nc2-1. The van der Waals surface area contributed by atoms with E-state index in [0.717, 1.165) is 10.9 Å². The van der Waals surface area contributed by atoms with Gasteiger partial charge >= 0.3 is 5.97 Å². The number of aliphatic hydroxyl groups is 1. The standard InChI is InChI=1S/C25H24N4O5/c1-5-25(32)17-8-19-20-14(10-29(19)23(30)16(17)11-34-24(25)31)6-15-18(28-20)7-13(9-26)22(33-4)21(15)27-12(2)3/h6-8,12,27,32H,5,10-11H2,1-4H3/t25-/m0/s1. The van der Waals surface area contributed by atoms with Crippen LogP contribution in [-0.2, 0) is 28.3 Å². The van der Waals surface area contributed by atoms with Crippen molar-refractivity contribution in [1.82, 2.24) is 9.55 Å². The molecule has 2 aromatic heterocycles. The highest BCUT2D eigenvalue weighted by Gasteiger charge is 2.45. The summed E-state index contributed by atoms with van der Waals surface area (Å²) in [5.74, 6) is -0.316. The summed E-state index contributed by atoms with van der Waals surface area (Å²) in [6.07, 6.45) is 0.0787. The van der Waals surface area contributed by atoms with E-state index >= 15 is 0 Å². The predicted octanol–water partition coefficient (Wildman–Crippen LogP) is 2.78. The minimum Gasteiger partial charge on any atom is -0.493 e. The quantitative estimate of drug-likeness (QED) is 0.445. The molecule has 9 nitrogen and oxygen atoms in total. The second kappa shape index (κ2) is 7.57. The van der Waals surface area contributed by atoms with E-state index in [1.807, 2.05) is 19.9 Å². The van der Waals surface area contributed by atoms with Crippen molar-refractivity contribution in [2.75, 3.05) is 12.4 Å². The number of fused-ring (bicyclic) bond motifs is 5. The van der Waals surface area contributed by atoms with Gasteiger partial charge in [-0.1, -0.05) is 6.92 Å². The number of nitriles is 1. The van der Waals surface area contributed by atoms with Crippen LogP contribution in [0.4, 0.5) is 5.69 Å². The summed E-state index contributed by atoms with van der Waals surface area (Å²) in [7, 11) is 1.52. The Balaban J connectivity index is 1.79. The van der Waals surface area contributed by atoms with Crippen molar-refractivity contribution in [2.24, 2.45) is 0 Å². The normalized spacial score (nSPS) is 18.2. The Bertz CT molecular complexity index is 1480. The van der Waals surface area contributed by atoms with Crippen LogP contribution in [0.2, 0.25) is 0 Å². The van der Waals surface area contributed by atoms with Gasteiger partial charge in [0.1, 0.15) is 12.7 Å². The van der Waals surface area contributed by atoms with E-state index < -0.39 is 11.6 Å². The molecule has 1 aromatic carbocycles. The van der Waals surface area contributed by atoms with E-state index in [4.69, 9.17) is 14.5 Å². The summed E-state index contributed by atoms with van der Waals surface area (Å²) in [5, 5.41) is 24.9. The number of nitrogens with zero attached hydrogens (tertiary/aromatic N) is 3. The Labute approximate surface area is 195 Å². The van der Waals surface area contributed by atoms with Crippen LogP contribution in [0, 0.1) is 11.3 Å². The van der Waals surface area contributed by atoms with Crippen LogP contribution in [0.15, 0.2) is 23.0 Å². The van der Waals surface area contributed by atoms with Crippen LogP contribution in [0.3, 0.4) is 0 Å². The maximum absolute atomic E-state index is 13.3. The number of carbonyl (C=O) groups excluding carboxylic acids is 1. The number of anilines is 1. The second-order valence-electron chi connectivity index (χ2n) is 8.91. The van der Waals surface area contributed by atoms with Gasteiger partial charge in [0.2, 0.25) is 0 Å². The number of methoxy groups -OCH3 is 1. The van der Waals surface area contributed by atoms with E-state index in [2.05, 4.69) is 11.4 Å². The Morgan fingerprint density at radius 1 is 1.35 bits per heavy atom. The van der Waals surface area contributed by atoms with Crippen LogP contribution in [0.1, 0.15) is 49.4 Å². The number of pyridine rings is 2. The van der Waals surface area contributed by atoms with E-state index in [-0.39, 0.29) is 35.8 Å². The fourth-order valence-corrected chi connectivity index (χ4v) is 4.83. The monoisotopic (exact) mass is 460 g/mol. The summed E-state index contributed by atoms with van der Waals surface area (Å²) in [6, 6.07) is 7.54. The van der Waals surface area contributed by atoms with Crippen molar-refractivity contribution >= 4 is 22.6 Å². The van der Waals surface area contributed by atoms with Crippen molar-refractivity contribution in [1.29, 1.82) is 5.26 Å². The zero-order chi connectivity index (χ0) is 24.4. The lowest BCUT2D eigenvalue weighted by molar-refractivity contribution is -0.172. The number of cyclic esters (lactones) is 1. The Hall–Kier alpha value is -3.90. The number of rotatable bonds is 4. The summed E-state index contributed by atoms with van der Waals surface area (Å²) in [5.41, 5.74) is 1.86. The third-order valence-corrected chi connectivity index (χ3v) is 6.52. The number of aromatic nitrogens is 2. The molecule has 1 atom stereocenters. The molecular weight excluding hydrogens is 436 g/mol.